The maximum atomic E-state index is 14.7. The second kappa shape index (κ2) is 11.6. The maximum Gasteiger partial charge on any atom is 0.422 e. The number of halogens is 8. The average Bonchev–Trinajstić information content (AvgIpc) is 2.84. The molecule has 1 aliphatic rings. The van der Waals surface area contributed by atoms with E-state index in [1.165, 1.54) is 0 Å². The predicted molar refractivity (Wildman–Crippen MR) is 127 cm³/mol. The van der Waals surface area contributed by atoms with E-state index in [4.69, 9.17) is 0 Å². The number of hydrogen-bond donors (Lipinski definition) is 2. The van der Waals surface area contributed by atoms with Crippen LogP contribution in [-0.4, -0.2) is 62.7 Å². The van der Waals surface area contributed by atoms with E-state index < -0.39 is 99.3 Å². The summed E-state index contributed by atoms with van der Waals surface area (Å²) in [6.07, 6.45) is -12.5. The van der Waals surface area contributed by atoms with Crippen LogP contribution in [0.3, 0.4) is 0 Å². The van der Waals surface area contributed by atoms with Crippen molar-refractivity contribution < 1.29 is 57.9 Å². The molecule has 1 atom stereocenters. The average molecular weight is 615 g/mol. The zero-order chi connectivity index (χ0) is 30.8. The smallest absolute Gasteiger partial charge is 0.422 e. The molecule has 0 bridgehead atoms. The van der Waals surface area contributed by atoms with Crippen LogP contribution in [0.15, 0.2) is 48.2 Å². The number of carbonyl (C=O) groups excluding carboxylic acids is 2. The van der Waals surface area contributed by atoms with Crippen LogP contribution in [0, 0.1) is 0 Å². The minimum Gasteiger partial charge on any atom is -0.484 e. The lowest BCUT2D eigenvalue weighted by atomic mass is 9.77. The van der Waals surface area contributed by atoms with Crippen molar-refractivity contribution in [1.29, 1.82) is 0 Å². The third-order valence-electron chi connectivity index (χ3n) is 5.84. The van der Waals surface area contributed by atoms with Gasteiger partial charge in [-0.05, 0) is 35.4 Å². The second-order valence-corrected chi connectivity index (χ2v) is 11.2. The quantitative estimate of drug-likeness (QED) is 0.415. The number of pyridine rings is 1. The minimum absolute atomic E-state index is 0.310. The molecule has 2 heterocycles. The van der Waals surface area contributed by atoms with Crippen LogP contribution in [0.2, 0.25) is 0 Å². The summed E-state index contributed by atoms with van der Waals surface area (Å²) >= 11 is 0. The minimum atomic E-state index is -5.21. The third kappa shape index (κ3) is 7.92. The van der Waals surface area contributed by atoms with E-state index in [9.17, 15) is 53.1 Å². The van der Waals surface area contributed by atoms with Crippen molar-refractivity contribution in [2.24, 2.45) is 0 Å². The Balaban J connectivity index is 2.08. The molecule has 0 unspecified atom stereocenters. The lowest BCUT2D eigenvalue weighted by Crippen LogP contribution is -2.59. The van der Waals surface area contributed by atoms with Crippen LogP contribution in [0.5, 0.6) is 5.75 Å². The van der Waals surface area contributed by atoms with Gasteiger partial charge in [0, 0.05) is 36.6 Å². The summed E-state index contributed by atoms with van der Waals surface area (Å²) in [7, 11) is -3.79. The normalized spacial score (nSPS) is 18.3. The van der Waals surface area contributed by atoms with Crippen molar-refractivity contribution in [2.45, 2.75) is 30.7 Å². The molecule has 1 aromatic heterocycles. The van der Waals surface area contributed by atoms with E-state index in [1.807, 2.05) is 5.32 Å². The molecule has 2 aromatic rings. The topological polar surface area (TPSA) is 114 Å². The van der Waals surface area contributed by atoms with Crippen LogP contribution in [0.4, 0.5) is 35.1 Å². The van der Waals surface area contributed by atoms with Gasteiger partial charge in [0.1, 0.15) is 11.5 Å². The Hall–Kier alpha value is -3.76. The molecule has 0 spiro atoms. The third-order valence-corrected chi connectivity index (χ3v) is 6.63. The van der Waals surface area contributed by atoms with Crippen LogP contribution in [0.25, 0.3) is 5.57 Å². The molecule has 0 radical (unpaired) electrons. The largest absolute Gasteiger partial charge is 0.484 e. The number of alkyl halides is 8. The molecule has 224 valence electrons. The highest BCUT2D eigenvalue weighted by atomic mass is 32.2. The fourth-order valence-corrected chi connectivity index (χ4v) is 4.53. The number of ether oxygens (including phenoxy) is 1. The number of carbonyl (C=O) groups is 2. The molecule has 41 heavy (non-hydrogen) atoms. The number of hydrogen-bond acceptors (Lipinski definition) is 6. The molecule has 0 saturated carbocycles. The Morgan fingerprint density at radius 1 is 1.10 bits per heavy atom. The second-order valence-electron chi connectivity index (χ2n) is 9.04. The molecular weight excluding hydrogens is 594 g/mol. The van der Waals surface area contributed by atoms with Crippen molar-refractivity contribution in [2.75, 3.05) is 25.2 Å². The van der Waals surface area contributed by atoms with Gasteiger partial charge in [0.05, 0.1) is 5.69 Å². The highest BCUT2D eigenvalue weighted by Crippen LogP contribution is 2.48. The number of nitrogens with zero attached hydrogens (tertiary/aromatic N) is 1. The fraction of sp³-hybridized carbons (Fsp3) is 0.375. The van der Waals surface area contributed by atoms with Crippen LogP contribution < -0.4 is 15.4 Å². The first kappa shape index (κ1) is 31.8. The van der Waals surface area contributed by atoms with E-state index >= 15 is 0 Å². The van der Waals surface area contributed by atoms with Crippen molar-refractivity contribution in [3.05, 3.63) is 65.0 Å². The van der Waals surface area contributed by atoms with E-state index in [-0.39, 0.29) is 5.69 Å². The van der Waals surface area contributed by atoms with Gasteiger partial charge in [-0.1, -0.05) is 12.1 Å². The summed E-state index contributed by atoms with van der Waals surface area (Å²) in [6.45, 7) is -2.43. The molecule has 2 N–H and O–H groups in total. The number of benzene rings is 1. The number of rotatable bonds is 9. The monoisotopic (exact) mass is 615 g/mol. The molecular formula is C24H21F8N3O5S. The lowest BCUT2D eigenvalue weighted by molar-refractivity contribution is -0.201. The summed E-state index contributed by atoms with van der Waals surface area (Å²) < 4.78 is 135. The number of nitrogens with one attached hydrogen (secondary N) is 2. The first-order valence-electron chi connectivity index (χ1n) is 11.4. The maximum absolute atomic E-state index is 14.7. The Morgan fingerprint density at radius 2 is 1.73 bits per heavy atom. The van der Waals surface area contributed by atoms with Crippen LogP contribution >= 0.6 is 0 Å². The summed E-state index contributed by atoms with van der Waals surface area (Å²) in [4.78, 5) is 28.9. The van der Waals surface area contributed by atoms with Crippen molar-refractivity contribution in [1.82, 2.24) is 15.6 Å². The number of sulfone groups is 1. The van der Waals surface area contributed by atoms with Gasteiger partial charge >= 0.3 is 12.4 Å². The molecule has 17 heteroatoms. The fourth-order valence-electron chi connectivity index (χ4n) is 3.95. The molecule has 1 aliphatic heterocycles. The summed E-state index contributed by atoms with van der Waals surface area (Å²) in [5.41, 5.74) is -5.48. The van der Waals surface area contributed by atoms with E-state index in [0.717, 1.165) is 42.7 Å². The summed E-state index contributed by atoms with van der Waals surface area (Å²) in [5.74, 6) is -3.79. The van der Waals surface area contributed by atoms with Crippen molar-refractivity contribution in [3.8, 4) is 5.75 Å². The van der Waals surface area contributed by atoms with Gasteiger partial charge in [-0.15, -0.1) is 0 Å². The highest BCUT2D eigenvalue weighted by molar-refractivity contribution is 7.91. The Kier molecular flexibility index (Phi) is 9.00. The van der Waals surface area contributed by atoms with Gasteiger partial charge in [-0.25, -0.2) is 17.2 Å². The molecule has 1 aromatic carbocycles. The predicted octanol–water partition coefficient (Wildman–Crippen LogP) is 3.85. The first-order chi connectivity index (χ1) is 18.8. The van der Waals surface area contributed by atoms with Crippen molar-refractivity contribution >= 4 is 27.2 Å². The molecule has 0 saturated heterocycles. The van der Waals surface area contributed by atoms with Crippen LogP contribution in [0.1, 0.15) is 29.7 Å². The molecule has 3 rings (SSSR count). The van der Waals surface area contributed by atoms with Crippen molar-refractivity contribution in [3.63, 3.8) is 0 Å². The first-order valence-corrected chi connectivity index (χ1v) is 13.5. The Labute approximate surface area is 227 Å². The zero-order valence-electron chi connectivity index (χ0n) is 20.9. The standard InChI is InChI=1S/C24H21F8N3O5S/c1-41(38,39)11-19(36)34-10-17-16(18-7-2-13(9-33-18)20(25)26)8-22(24(30,31)32,35-21(17)37)14-3-5-15(6-4-14)40-12-23(27,28)29/h2-7,9,20H,8,10-12H2,1H3,(H,34,36)(H,35,37)/t22-/m0/s1. The molecule has 8 nitrogen and oxygen atoms in total. The molecule has 2 amide bonds. The summed E-state index contributed by atoms with van der Waals surface area (Å²) in [6, 6.07) is 5.16. The van der Waals surface area contributed by atoms with Crippen LogP contribution in [-0.2, 0) is 25.0 Å². The molecule has 0 fully saturated rings. The number of aromatic nitrogens is 1. The van der Waals surface area contributed by atoms with Gasteiger partial charge in [-0.2, -0.15) is 26.3 Å². The van der Waals surface area contributed by atoms with E-state index in [1.54, 1.807) is 0 Å². The van der Waals surface area contributed by atoms with Gasteiger partial charge < -0.3 is 15.4 Å². The SMILES string of the molecule is CS(=O)(=O)CC(=O)NCC1=C(c2ccc(C(F)F)cn2)C[C@](c2ccc(OCC(F)(F)F)cc2)(C(F)(F)F)NC1=O. The van der Waals surface area contributed by atoms with E-state index in [2.05, 4.69) is 15.0 Å². The van der Waals surface area contributed by atoms with Gasteiger partial charge in [0.15, 0.2) is 22.0 Å². The summed E-state index contributed by atoms with van der Waals surface area (Å²) in [5, 5.41) is 3.99. The Bertz CT molecular complexity index is 1420. The number of amides is 2. The highest BCUT2D eigenvalue weighted by Gasteiger charge is 2.59. The van der Waals surface area contributed by atoms with Gasteiger partial charge in [-0.3, -0.25) is 14.6 Å². The van der Waals surface area contributed by atoms with Gasteiger partial charge in [0.25, 0.3) is 6.43 Å². The van der Waals surface area contributed by atoms with Gasteiger partial charge in [0.2, 0.25) is 11.8 Å². The van der Waals surface area contributed by atoms with E-state index in [0.29, 0.717) is 6.20 Å². The lowest BCUT2D eigenvalue weighted by Gasteiger charge is -2.41. The molecule has 0 aliphatic carbocycles. The zero-order valence-corrected chi connectivity index (χ0v) is 21.7. The Morgan fingerprint density at radius 3 is 2.22 bits per heavy atom.